The SMILES string of the molecule is O=C(NCCCN1c2ccccc2Sc2ccccc21)C1CC(=O)N(Cc2ccco2)C1. The maximum atomic E-state index is 12.7. The number of carbonyl (C=O) groups is 2. The number of hydrogen-bond acceptors (Lipinski definition) is 5. The summed E-state index contributed by atoms with van der Waals surface area (Å²) < 4.78 is 5.33. The minimum Gasteiger partial charge on any atom is -0.467 e. The van der Waals surface area contributed by atoms with E-state index in [2.05, 4.69) is 58.7 Å². The molecule has 1 unspecified atom stereocenters. The van der Waals surface area contributed by atoms with Crippen molar-refractivity contribution < 1.29 is 14.0 Å². The topological polar surface area (TPSA) is 65.8 Å². The number of anilines is 2. The van der Waals surface area contributed by atoms with Crippen molar-refractivity contribution in [3.8, 4) is 0 Å². The van der Waals surface area contributed by atoms with Gasteiger partial charge in [0.2, 0.25) is 11.8 Å². The fourth-order valence-electron chi connectivity index (χ4n) is 4.31. The van der Waals surface area contributed by atoms with Gasteiger partial charge in [0, 0.05) is 35.8 Å². The van der Waals surface area contributed by atoms with Gasteiger partial charge in [-0.1, -0.05) is 36.0 Å². The van der Waals surface area contributed by atoms with Crippen LogP contribution in [-0.2, 0) is 16.1 Å². The summed E-state index contributed by atoms with van der Waals surface area (Å²) in [6.07, 6.45) is 2.67. The zero-order valence-corrected chi connectivity index (χ0v) is 18.5. The Labute approximate surface area is 191 Å². The van der Waals surface area contributed by atoms with Crippen molar-refractivity contribution in [3.63, 3.8) is 0 Å². The number of furan rings is 1. The van der Waals surface area contributed by atoms with Gasteiger partial charge < -0.3 is 19.5 Å². The van der Waals surface area contributed by atoms with Gasteiger partial charge in [-0.2, -0.15) is 0 Å². The molecule has 2 aromatic carbocycles. The first kappa shape index (κ1) is 20.7. The molecule has 1 N–H and O–H groups in total. The number of rotatable bonds is 7. The molecule has 0 bridgehead atoms. The molecule has 1 atom stereocenters. The molecule has 0 aliphatic carbocycles. The van der Waals surface area contributed by atoms with Gasteiger partial charge in [0.25, 0.3) is 0 Å². The maximum Gasteiger partial charge on any atom is 0.225 e. The third-order valence-electron chi connectivity index (χ3n) is 5.90. The molecule has 3 heterocycles. The molecule has 3 aromatic rings. The number of nitrogens with zero attached hydrogens (tertiary/aromatic N) is 2. The molecular weight excluding hydrogens is 422 g/mol. The van der Waals surface area contributed by atoms with Crippen LogP contribution < -0.4 is 10.2 Å². The van der Waals surface area contributed by atoms with Gasteiger partial charge in [0.15, 0.2) is 0 Å². The number of fused-ring (bicyclic) bond motifs is 2. The summed E-state index contributed by atoms with van der Waals surface area (Å²) in [5.41, 5.74) is 2.41. The molecule has 6 nitrogen and oxygen atoms in total. The standard InChI is InChI=1S/C25H25N3O3S/c29-24-15-18(16-27(24)17-19-7-5-14-31-19)25(30)26-12-6-13-28-20-8-1-3-10-22(20)32-23-11-4-2-9-21(23)28/h1-5,7-11,14,18H,6,12-13,15-17H2,(H,26,30). The lowest BCUT2D eigenvalue weighted by Gasteiger charge is -2.32. The van der Waals surface area contributed by atoms with Crippen molar-refractivity contribution in [1.82, 2.24) is 10.2 Å². The maximum absolute atomic E-state index is 12.7. The Bertz CT molecular complexity index is 1070. The second-order valence-electron chi connectivity index (χ2n) is 8.09. The molecule has 0 saturated carbocycles. The zero-order chi connectivity index (χ0) is 21.9. The Morgan fingerprint density at radius 3 is 2.44 bits per heavy atom. The van der Waals surface area contributed by atoms with Crippen molar-refractivity contribution >= 4 is 35.0 Å². The van der Waals surface area contributed by atoms with Crippen molar-refractivity contribution in [2.45, 2.75) is 29.2 Å². The average Bonchev–Trinajstić information content (AvgIpc) is 3.46. The summed E-state index contributed by atoms with van der Waals surface area (Å²) in [5, 5.41) is 3.04. The van der Waals surface area contributed by atoms with E-state index in [1.807, 2.05) is 6.07 Å². The van der Waals surface area contributed by atoms with Gasteiger partial charge >= 0.3 is 0 Å². The molecule has 2 aliphatic rings. The molecule has 1 aromatic heterocycles. The number of para-hydroxylation sites is 2. The zero-order valence-electron chi connectivity index (χ0n) is 17.7. The number of carbonyl (C=O) groups excluding carboxylic acids is 2. The largest absolute Gasteiger partial charge is 0.467 e. The summed E-state index contributed by atoms with van der Waals surface area (Å²) in [5.74, 6) is 0.390. The van der Waals surface area contributed by atoms with Crippen LogP contribution in [0, 0.1) is 5.92 Å². The lowest BCUT2D eigenvalue weighted by molar-refractivity contribution is -0.129. The van der Waals surface area contributed by atoms with Gasteiger partial charge in [-0.25, -0.2) is 0 Å². The van der Waals surface area contributed by atoms with Gasteiger partial charge in [-0.3, -0.25) is 9.59 Å². The molecule has 0 radical (unpaired) electrons. The molecule has 2 amide bonds. The van der Waals surface area contributed by atoms with Crippen LogP contribution in [0.25, 0.3) is 0 Å². The molecule has 5 rings (SSSR count). The Kier molecular flexibility index (Phi) is 5.90. The molecule has 164 valence electrons. The van der Waals surface area contributed by atoms with E-state index >= 15 is 0 Å². The molecular formula is C25H25N3O3S. The fourth-order valence-corrected chi connectivity index (χ4v) is 5.40. The van der Waals surface area contributed by atoms with E-state index < -0.39 is 0 Å². The second-order valence-corrected chi connectivity index (χ2v) is 9.17. The molecule has 7 heteroatoms. The summed E-state index contributed by atoms with van der Waals surface area (Å²) in [6, 6.07) is 20.5. The minimum absolute atomic E-state index is 0.000538. The first-order chi connectivity index (χ1) is 15.7. The first-order valence-electron chi connectivity index (χ1n) is 10.9. The number of hydrogen-bond donors (Lipinski definition) is 1. The van der Waals surface area contributed by atoms with E-state index in [0.717, 1.165) is 18.7 Å². The van der Waals surface area contributed by atoms with Crippen LogP contribution in [0.1, 0.15) is 18.6 Å². The lowest BCUT2D eigenvalue weighted by Crippen LogP contribution is -2.34. The summed E-state index contributed by atoms with van der Waals surface area (Å²) in [6.45, 7) is 2.25. The van der Waals surface area contributed by atoms with Gasteiger partial charge in [-0.05, 0) is 42.8 Å². The monoisotopic (exact) mass is 447 g/mol. The summed E-state index contributed by atoms with van der Waals surface area (Å²) in [7, 11) is 0. The van der Waals surface area contributed by atoms with Crippen molar-refractivity contribution in [2.24, 2.45) is 5.92 Å². The lowest BCUT2D eigenvalue weighted by atomic mass is 10.1. The third-order valence-corrected chi connectivity index (χ3v) is 7.03. The third kappa shape index (κ3) is 4.25. The van der Waals surface area contributed by atoms with Crippen molar-refractivity contribution in [3.05, 3.63) is 72.7 Å². The van der Waals surface area contributed by atoms with E-state index in [-0.39, 0.29) is 24.2 Å². The van der Waals surface area contributed by atoms with Crippen LogP contribution in [-0.4, -0.2) is 36.3 Å². The van der Waals surface area contributed by atoms with E-state index in [4.69, 9.17) is 4.42 Å². The Morgan fingerprint density at radius 2 is 1.75 bits per heavy atom. The van der Waals surface area contributed by atoms with E-state index in [1.54, 1.807) is 29.0 Å². The highest BCUT2D eigenvalue weighted by Gasteiger charge is 2.34. The van der Waals surface area contributed by atoms with Gasteiger partial charge in [0.05, 0.1) is 30.1 Å². The van der Waals surface area contributed by atoms with Crippen LogP contribution in [0.5, 0.6) is 0 Å². The van der Waals surface area contributed by atoms with Crippen LogP contribution >= 0.6 is 11.8 Å². The van der Waals surface area contributed by atoms with E-state index in [0.29, 0.717) is 19.6 Å². The number of benzene rings is 2. The van der Waals surface area contributed by atoms with Gasteiger partial charge in [0.1, 0.15) is 5.76 Å². The summed E-state index contributed by atoms with van der Waals surface area (Å²) in [4.78, 5) is 31.5. The van der Waals surface area contributed by atoms with Crippen molar-refractivity contribution in [1.29, 1.82) is 0 Å². The Hall–Kier alpha value is -3.19. The quantitative estimate of drug-likeness (QED) is 0.543. The van der Waals surface area contributed by atoms with Gasteiger partial charge in [-0.15, -0.1) is 0 Å². The molecule has 32 heavy (non-hydrogen) atoms. The highest BCUT2D eigenvalue weighted by molar-refractivity contribution is 7.99. The molecule has 0 spiro atoms. The van der Waals surface area contributed by atoms with Crippen LogP contribution in [0.2, 0.25) is 0 Å². The normalized spacial score (nSPS) is 17.2. The smallest absolute Gasteiger partial charge is 0.225 e. The predicted molar refractivity (Wildman–Crippen MR) is 124 cm³/mol. The fraction of sp³-hybridized carbons (Fsp3) is 0.280. The van der Waals surface area contributed by atoms with E-state index in [1.165, 1.54) is 21.2 Å². The van der Waals surface area contributed by atoms with Crippen LogP contribution in [0.15, 0.2) is 81.1 Å². The molecule has 1 fully saturated rings. The minimum atomic E-state index is -0.301. The predicted octanol–water partition coefficient (Wildman–Crippen LogP) is 4.44. The number of nitrogens with one attached hydrogen (secondary N) is 1. The second kappa shape index (κ2) is 9.12. The average molecular weight is 448 g/mol. The number of amides is 2. The number of likely N-dealkylation sites (tertiary alicyclic amines) is 1. The molecule has 1 saturated heterocycles. The molecule has 2 aliphatic heterocycles. The summed E-state index contributed by atoms with van der Waals surface area (Å²) >= 11 is 1.79. The van der Waals surface area contributed by atoms with E-state index in [9.17, 15) is 9.59 Å². The Morgan fingerprint density at radius 1 is 1.03 bits per heavy atom. The van der Waals surface area contributed by atoms with Crippen LogP contribution in [0.3, 0.4) is 0 Å². The highest BCUT2D eigenvalue weighted by Crippen LogP contribution is 2.47. The van der Waals surface area contributed by atoms with Crippen LogP contribution in [0.4, 0.5) is 11.4 Å². The highest BCUT2D eigenvalue weighted by atomic mass is 32.2. The van der Waals surface area contributed by atoms with Crippen molar-refractivity contribution in [2.75, 3.05) is 24.5 Å². The Balaban J connectivity index is 1.15. The first-order valence-corrected chi connectivity index (χ1v) is 11.7.